The van der Waals surface area contributed by atoms with E-state index < -0.39 is 0 Å². The first-order valence-electron chi connectivity index (χ1n) is 10.9. The number of aryl methyl sites for hydroxylation is 1. The number of furan rings is 1. The van der Waals surface area contributed by atoms with E-state index in [0.717, 1.165) is 52.8 Å². The van der Waals surface area contributed by atoms with Crippen molar-refractivity contribution in [2.45, 2.75) is 38.9 Å². The fourth-order valence-corrected chi connectivity index (χ4v) is 4.55. The monoisotopic (exact) mass is 466 g/mol. The number of rotatable bonds is 4. The standard InChI is InChI=1S/C25H26N4O3.ClH/c1-16-19-6-3-4-8-21(19)32-22(16)15-28(2)23(30)10-9-17-12-18-14-29-11-5-7-20(29)25(31)27-24(18)26-13-17;/h3-4,6,8-10,12-13,20H,5,7,11,14-15H2,1-2H3,(H,26,27,31);1H/t20-;/m0./s1. The lowest BCUT2D eigenvalue weighted by Gasteiger charge is -2.19. The molecule has 3 aromatic rings. The van der Waals surface area contributed by atoms with Crippen molar-refractivity contribution in [1.29, 1.82) is 0 Å². The van der Waals surface area contributed by atoms with E-state index in [1.54, 1.807) is 30.3 Å². The molecule has 7 nitrogen and oxygen atoms in total. The molecule has 0 radical (unpaired) electrons. The molecule has 4 heterocycles. The Kier molecular flexibility index (Phi) is 6.54. The largest absolute Gasteiger partial charge is 0.459 e. The van der Waals surface area contributed by atoms with E-state index in [-0.39, 0.29) is 30.3 Å². The van der Waals surface area contributed by atoms with E-state index in [1.165, 1.54) is 0 Å². The van der Waals surface area contributed by atoms with Crippen LogP contribution in [0.1, 0.15) is 35.3 Å². The number of carbonyl (C=O) groups is 2. The van der Waals surface area contributed by atoms with Crippen LogP contribution >= 0.6 is 12.4 Å². The maximum atomic E-state index is 12.7. The number of nitrogens with one attached hydrogen (secondary N) is 1. The van der Waals surface area contributed by atoms with E-state index in [0.29, 0.717) is 18.9 Å². The van der Waals surface area contributed by atoms with Crippen LogP contribution in [0.2, 0.25) is 0 Å². The van der Waals surface area contributed by atoms with Crippen molar-refractivity contribution in [3.05, 3.63) is 65.1 Å². The minimum atomic E-state index is -0.118. The van der Waals surface area contributed by atoms with Gasteiger partial charge in [0.15, 0.2) is 0 Å². The third-order valence-corrected chi connectivity index (χ3v) is 6.39. The predicted molar refractivity (Wildman–Crippen MR) is 130 cm³/mol. The summed E-state index contributed by atoms with van der Waals surface area (Å²) in [6.45, 7) is 4.02. The molecule has 0 spiro atoms. The molecule has 1 saturated heterocycles. The SMILES string of the molecule is Cc1c(CN(C)C(=O)C=Cc2cnc3c(c2)CN2CCC[C@H]2C(=O)N3)oc2ccccc12.Cl. The summed E-state index contributed by atoms with van der Waals surface area (Å²) >= 11 is 0. The number of likely N-dealkylation sites (N-methyl/N-ethyl adjacent to an activating group) is 1. The summed E-state index contributed by atoms with van der Waals surface area (Å²) in [6.07, 6.45) is 6.92. The van der Waals surface area contributed by atoms with Crippen LogP contribution in [0.5, 0.6) is 0 Å². The average molecular weight is 467 g/mol. The number of benzene rings is 1. The van der Waals surface area contributed by atoms with Crippen molar-refractivity contribution in [3.8, 4) is 0 Å². The molecule has 2 aromatic heterocycles. The molecule has 2 aliphatic heterocycles. The Morgan fingerprint density at radius 2 is 2.18 bits per heavy atom. The molecular weight excluding hydrogens is 440 g/mol. The van der Waals surface area contributed by atoms with Crippen molar-refractivity contribution in [2.24, 2.45) is 0 Å². The van der Waals surface area contributed by atoms with Gasteiger partial charge in [-0.15, -0.1) is 12.4 Å². The first kappa shape index (κ1) is 23.0. The van der Waals surface area contributed by atoms with Crippen LogP contribution in [0.3, 0.4) is 0 Å². The molecule has 0 bridgehead atoms. The summed E-state index contributed by atoms with van der Waals surface area (Å²) in [5, 5.41) is 4.02. The Labute approximate surface area is 198 Å². The van der Waals surface area contributed by atoms with E-state index in [1.807, 2.05) is 37.3 Å². The van der Waals surface area contributed by atoms with E-state index in [4.69, 9.17) is 4.42 Å². The van der Waals surface area contributed by atoms with Gasteiger partial charge >= 0.3 is 0 Å². The lowest BCUT2D eigenvalue weighted by molar-refractivity contribution is -0.125. The number of hydrogen-bond donors (Lipinski definition) is 1. The second-order valence-corrected chi connectivity index (χ2v) is 8.57. The smallest absolute Gasteiger partial charge is 0.246 e. The lowest BCUT2D eigenvalue weighted by Crippen LogP contribution is -2.36. The summed E-state index contributed by atoms with van der Waals surface area (Å²) in [5.74, 6) is 1.31. The van der Waals surface area contributed by atoms with E-state index in [9.17, 15) is 9.59 Å². The molecule has 1 atom stereocenters. The van der Waals surface area contributed by atoms with Crippen LogP contribution < -0.4 is 5.32 Å². The number of pyridine rings is 1. The molecule has 1 aromatic carbocycles. The number of halogens is 1. The van der Waals surface area contributed by atoms with Crippen molar-refractivity contribution >= 4 is 47.1 Å². The zero-order valence-corrected chi connectivity index (χ0v) is 19.5. The summed E-state index contributed by atoms with van der Waals surface area (Å²) in [4.78, 5) is 33.4. The highest BCUT2D eigenvalue weighted by molar-refractivity contribution is 5.96. The fourth-order valence-electron chi connectivity index (χ4n) is 4.55. The highest BCUT2D eigenvalue weighted by atomic mass is 35.5. The van der Waals surface area contributed by atoms with Crippen LogP contribution in [-0.4, -0.2) is 46.2 Å². The minimum absolute atomic E-state index is 0. The molecule has 33 heavy (non-hydrogen) atoms. The van der Waals surface area contributed by atoms with Crippen molar-refractivity contribution in [2.75, 3.05) is 18.9 Å². The molecule has 0 unspecified atom stereocenters. The summed E-state index contributed by atoms with van der Waals surface area (Å²) in [6, 6.07) is 9.81. The molecule has 0 aliphatic carbocycles. The normalized spacial score (nSPS) is 17.9. The van der Waals surface area contributed by atoms with Crippen LogP contribution in [0.25, 0.3) is 17.0 Å². The Morgan fingerprint density at radius 3 is 3.00 bits per heavy atom. The summed E-state index contributed by atoms with van der Waals surface area (Å²) in [5.41, 5.74) is 3.70. The van der Waals surface area contributed by atoms with Crippen LogP contribution in [0.4, 0.5) is 5.82 Å². The van der Waals surface area contributed by atoms with Crippen molar-refractivity contribution < 1.29 is 14.0 Å². The first-order valence-corrected chi connectivity index (χ1v) is 10.9. The number of aromatic nitrogens is 1. The zero-order valence-electron chi connectivity index (χ0n) is 18.7. The molecule has 2 amide bonds. The van der Waals surface area contributed by atoms with Gasteiger partial charge in [-0.2, -0.15) is 0 Å². The third-order valence-electron chi connectivity index (χ3n) is 6.39. The van der Waals surface area contributed by atoms with Gasteiger partial charge in [0, 0.05) is 42.4 Å². The van der Waals surface area contributed by atoms with Gasteiger partial charge in [-0.25, -0.2) is 4.98 Å². The van der Waals surface area contributed by atoms with E-state index >= 15 is 0 Å². The van der Waals surface area contributed by atoms with Gasteiger partial charge in [0.1, 0.15) is 17.2 Å². The second kappa shape index (κ2) is 9.37. The van der Waals surface area contributed by atoms with Crippen LogP contribution in [-0.2, 0) is 22.7 Å². The lowest BCUT2D eigenvalue weighted by atomic mass is 10.1. The quantitative estimate of drug-likeness (QED) is 0.584. The Bertz CT molecular complexity index is 1240. The van der Waals surface area contributed by atoms with Crippen LogP contribution in [0.15, 0.2) is 47.0 Å². The van der Waals surface area contributed by atoms with Gasteiger partial charge in [0.05, 0.1) is 12.6 Å². The number of para-hydroxylation sites is 1. The maximum Gasteiger partial charge on any atom is 0.246 e. The molecule has 1 N–H and O–H groups in total. The Balaban J connectivity index is 0.00000259. The maximum absolute atomic E-state index is 12.7. The average Bonchev–Trinajstić information content (AvgIpc) is 3.35. The van der Waals surface area contributed by atoms with Crippen LogP contribution in [0, 0.1) is 6.92 Å². The Hall–Kier alpha value is -3.16. The molecule has 1 fully saturated rings. The molecular formula is C25H27ClN4O3. The highest BCUT2D eigenvalue weighted by Gasteiger charge is 2.34. The summed E-state index contributed by atoms with van der Waals surface area (Å²) in [7, 11) is 1.76. The number of nitrogens with zero attached hydrogens (tertiary/aromatic N) is 3. The fraction of sp³-hybridized carbons (Fsp3) is 0.320. The number of anilines is 1. The minimum Gasteiger partial charge on any atom is -0.459 e. The number of amides is 2. The number of hydrogen-bond acceptors (Lipinski definition) is 5. The van der Waals surface area contributed by atoms with Gasteiger partial charge in [-0.3, -0.25) is 14.5 Å². The van der Waals surface area contributed by atoms with Gasteiger partial charge in [0.25, 0.3) is 0 Å². The van der Waals surface area contributed by atoms with Crippen molar-refractivity contribution in [1.82, 2.24) is 14.8 Å². The van der Waals surface area contributed by atoms with Gasteiger partial charge in [-0.05, 0) is 50.1 Å². The molecule has 2 aliphatic rings. The first-order chi connectivity index (χ1) is 15.5. The zero-order chi connectivity index (χ0) is 22.2. The van der Waals surface area contributed by atoms with Gasteiger partial charge < -0.3 is 14.6 Å². The molecule has 5 rings (SSSR count). The predicted octanol–water partition coefficient (Wildman–Crippen LogP) is 4.15. The topological polar surface area (TPSA) is 78.7 Å². The van der Waals surface area contributed by atoms with Gasteiger partial charge in [0.2, 0.25) is 11.8 Å². The number of carbonyl (C=O) groups excluding carboxylic acids is 2. The van der Waals surface area contributed by atoms with E-state index in [2.05, 4.69) is 15.2 Å². The third kappa shape index (κ3) is 4.51. The summed E-state index contributed by atoms with van der Waals surface area (Å²) < 4.78 is 5.93. The van der Waals surface area contributed by atoms with Crippen molar-refractivity contribution in [3.63, 3.8) is 0 Å². The number of fused-ring (bicyclic) bond motifs is 3. The second-order valence-electron chi connectivity index (χ2n) is 8.57. The highest BCUT2D eigenvalue weighted by Crippen LogP contribution is 2.28. The molecule has 0 saturated carbocycles. The van der Waals surface area contributed by atoms with Gasteiger partial charge in [-0.1, -0.05) is 18.2 Å². The molecule has 172 valence electrons. The Morgan fingerprint density at radius 1 is 1.36 bits per heavy atom. The molecule has 8 heteroatoms.